The van der Waals surface area contributed by atoms with Gasteiger partial charge in [-0.1, -0.05) is 45.0 Å². The molecule has 3 nitrogen and oxygen atoms in total. The van der Waals surface area contributed by atoms with Crippen LogP contribution >= 0.6 is 0 Å². The lowest BCUT2D eigenvalue weighted by atomic mass is 9.87. The first kappa shape index (κ1) is 20.8. The number of hydrogen-bond donors (Lipinski definition) is 1. The zero-order chi connectivity index (χ0) is 20.1. The number of amides is 1. The number of nitrogens with one attached hydrogen (secondary N) is 1. The molecule has 1 amide bonds. The summed E-state index contributed by atoms with van der Waals surface area (Å²) in [7, 11) is 0. The molecule has 0 fully saturated rings. The number of ether oxygens (including phenoxy) is 1. The summed E-state index contributed by atoms with van der Waals surface area (Å²) in [6, 6.07) is 12.7. The van der Waals surface area contributed by atoms with Gasteiger partial charge in [-0.3, -0.25) is 4.79 Å². The van der Waals surface area contributed by atoms with Crippen LogP contribution in [0.2, 0.25) is 0 Å². The maximum Gasteiger partial charge on any atom is 0.418 e. The Bertz CT molecular complexity index is 762. The predicted molar refractivity (Wildman–Crippen MR) is 99.9 cm³/mol. The summed E-state index contributed by atoms with van der Waals surface area (Å²) in [6.45, 7) is 6.68. The van der Waals surface area contributed by atoms with Gasteiger partial charge in [0.25, 0.3) is 0 Å². The van der Waals surface area contributed by atoms with E-state index in [1.165, 1.54) is 23.8 Å². The van der Waals surface area contributed by atoms with E-state index in [2.05, 4.69) is 26.1 Å². The standard InChI is InChI=1S/C21H24F3NO2/c1-20(2,3)15-10-12-16(13-11-15)27-14-6-9-19(26)25-18-8-5-4-7-17(18)21(22,23)24/h4-5,7-8,10-13H,6,9,14H2,1-3H3,(H,25,26). The molecule has 0 aliphatic carbocycles. The molecule has 6 heteroatoms. The monoisotopic (exact) mass is 379 g/mol. The molecular weight excluding hydrogens is 355 g/mol. The molecule has 0 atom stereocenters. The number of anilines is 1. The molecule has 0 aromatic heterocycles. The Morgan fingerprint density at radius 1 is 1.00 bits per heavy atom. The second kappa shape index (κ2) is 8.46. The number of para-hydroxylation sites is 1. The molecule has 0 radical (unpaired) electrons. The van der Waals surface area contributed by atoms with Crippen molar-refractivity contribution in [2.24, 2.45) is 0 Å². The van der Waals surface area contributed by atoms with Crippen LogP contribution in [0.25, 0.3) is 0 Å². The molecule has 0 bridgehead atoms. The van der Waals surface area contributed by atoms with Crippen LogP contribution in [0.3, 0.4) is 0 Å². The number of halogens is 3. The number of carbonyl (C=O) groups is 1. The molecule has 2 rings (SSSR count). The van der Waals surface area contributed by atoms with Crippen LogP contribution in [0.15, 0.2) is 48.5 Å². The molecule has 0 saturated carbocycles. The van der Waals surface area contributed by atoms with Crippen LogP contribution in [-0.2, 0) is 16.4 Å². The molecule has 0 unspecified atom stereocenters. The average molecular weight is 379 g/mol. The summed E-state index contributed by atoms with van der Waals surface area (Å²) in [5, 5.41) is 2.33. The maximum atomic E-state index is 12.9. The fourth-order valence-corrected chi connectivity index (χ4v) is 2.53. The van der Waals surface area contributed by atoms with Gasteiger partial charge in [-0.25, -0.2) is 0 Å². The van der Waals surface area contributed by atoms with E-state index in [-0.39, 0.29) is 17.5 Å². The number of benzene rings is 2. The minimum Gasteiger partial charge on any atom is -0.494 e. The van der Waals surface area contributed by atoms with Crippen LogP contribution in [0, 0.1) is 0 Å². The summed E-state index contributed by atoms with van der Waals surface area (Å²) in [5.41, 5.74) is 0.170. The molecule has 1 N–H and O–H groups in total. The fraction of sp³-hybridized carbons (Fsp3) is 0.381. The molecule has 0 spiro atoms. The van der Waals surface area contributed by atoms with Gasteiger partial charge in [0.1, 0.15) is 5.75 Å². The fourth-order valence-electron chi connectivity index (χ4n) is 2.53. The van der Waals surface area contributed by atoms with Crippen molar-refractivity contribution < 1.29 is 22.7 Å². The first-order valence-electron chi connectivity index (χ1n) is 8.77. The second-order valence-corrected chi connectivity index (χ2v) is 7.32. The van der Waals surface area contributed by atoms with E-state index in [1.54, 1.807) is 0 Å². The highest BCUT2D eigenvalue weighted by atomic mass is 19.4. The van der Waals surface area contributed by atoms with Crippen molar-refractivity contribution in [3.8, 4) is 5.75 Å². The summed E-state index contributed by atoms with van der Waals surface area (Å²) in [6.07, 6.45) is -4.03. The molecule has 2 aromatic carbocycles. The largest absolute Gasteiger partial charge is 0.494 e. The summed E-state index contributed by atoms with van der Waals surface area (Å²) in [5.74, 6) is 0.226. The van der Waals surface area contributed by atoms with Gasteiger partial charge in [0.2, 0.25) is 5.91 Å². The predicted octanol–water partition coefficient (Wildman–Crippen LogP) is 5.80. The zero-order valence-corrected chi connectivity index (χ0v) is 15.7. The Morgan fingerprint density at radius 3 is 2.22 bits per heavy atom. The second-order valence-electron chi connectivity index (χ2n) is 7.32. The third-order valence-electron chi connectivity index (χ3n) is 4.04. The molecule has 0 aliphatic rings. The third-order valence-corrected chi connectivity index (χ3v) is 4.04. The lowest BCUT2D eigenvalue weighted by Gasteiger charge is -2.19. The number of rotatable bonds is 6. The normalized spacial score (nSPS) is 11.9. The Balaban J connectivity index is 1.80. The average Bonchev–Trinajstić information content (AvgIpc) is 2.58. The topological polar surface area (TPSA) is 38.3 Å². The maximum absolute atomic E-state index is 12.9. The SMILES string of the molecule is CC(C)(C)c1ccc(OCCCC(=O)Nc2ccccc2C(F)(F)F)cc1. The van der Waals surface area contributed by atoms with E-state index in [1.807, 2.05) is 24.3 Å². The van der Waals surface area contributed by atoms with Crippen LogP contribution in [0.5, 0.6) is 5.75 Å². The highest BCUT2D eigenvalue weighted by molar-refractivity contribution is 5.91. The molecule has 0 aliphatic heterocycles. The van der Waals surface area contributed by atoms with Gasteiger partial charge < -0.3 is 10.1 Å². The summed E-state index contributed by atoms with van der Waals surface area (Å²) < 4.78 is 44.4. The minimum atomic E-state index is -4.51. The van der Waals surface area contributed by atoms with Crippen LogP contribution < -0.4 is 10.1 Å². The molecule has 2 aromatic rings. The first-order valence-corrected chi connectivity index (χ1v) is 8.77. The Labute approximate surface area is 157 Å². The van der Waals surface area contributed by atoms with E-state index in [0.29, 0.717) is 18.8 Å². The highest BCUT2D eigenvalue weighted by Gasteiger charge is 2.33. The molecule has 27 heavy (non-hydrogen) atoms. The number of carbonyl (C=O) groups excluding carboxylic acids is 1. The van der Waals surface area contributed by atoms with Crippen molar-refractivity contribution in [2.45, 2.75) is 45.2 Å². The van der Waals surface area contributed by atoms with Crippen LogP contribution in [0.4, 0.5) is 18.9 Å². The van der Waals surface area contributed by atoms with Crippen molar-refractivity contribution in [1.29, 1.82) is 0 Å². The van der Waals surface area contributed by atoms with Gasteiger partial charge >= 0.3 is 6.18 Å². The van der Waals surface area contributed by atoms with E-state index in [9.17, 15) is 18.0 Å². The van der Waals surface area contributed by atoms with Crippen LogP contribution in [0.1, 0.15) is 44.7 Å². The summed E-state index contributed by atoms with van der Waals surface area (Å²) in [4.78, 5) is 11.9. The van der Waals surface area contributed by atoms with Crippen molar-refractivity contribution in [3.63, 3.8) is 0 Å². The lowest BCUT2D eigenvalue weighted by Crippen LogP contribution is -2.17. The van der Waals surface area contributed by atoms with E-state index in [0.717, 1.165) is 6.07 Å². The Kier molecular flexibility index (Phi) is 6.52. The lowest BCUT2D eigenvalue weighted by molar-refractivity contribution is -0.137. The van der Waals surface area contributed by atoms with Crippen molar-refractivity contribution in [3.05, 3.63) is 59.7 Å². The van der Waals surface area contributed by atoms with Gasteiger partial charge in [0.15, 0.2) is 0 Å². The quantitative estimate of drug-likeness (QED) is 0.644. The van der Waals surface area contributed by atoms with Gasteiger partial charge in [0, 0.05) is 6.42 Å². The molecular formula is C21H24F3NO2. The van der Waals surface area contributed by atoms with Gasteiger partial charge in [-0.05, 0) is 41.7 Å². The van der Waals surface area contributed by atoms with Crippen molar-refractivity contribution >= 4 is 11.6 Å². The van der Waals surface area contributed by atoms with Crippen molar-refractivity contribution in [1.82, 2.24) is 0 Å². The smallest absolute Gasteiger partial charge is 0.418 e. The van der Waals surface area contributed by atoms with Gasteiger partial charge in [0.05, 0.1) is 17.9 Å². The first-order chi connectivity index (χ1) is 12.6. The van der Waals surface area contributed by atoms with E-state index < -0.39 is 17.6 Å². The summed E-state index contributed by atoms with van der Waals surface area (Å²) >= 11 is 0. The Hall–Kier alpha value is -2.50. The van der Waals surface area contributed by atoms with E-state index >= 15 is 0 Å². The third kappa shape index (κ3) is 6.31. The number of alkyl halides is 3. The molecule has 0 heterocycles. The Morgan fingerprint density at radius 2 is 1.63 bits per heavy atom. The zero-order valence-electron chi connectivity index (χ0n) is 15.7. The van der Waals surface area contributed by atoms with E-state index in [4.69, 9.17) is 4.74 Å². The van der Waals surface area contributed by atoms with Gasteiger partial charge in [-0.2, -0.15) is 13.2 Å². The van der Waals surface area contributed by atoms with Crippen LogP contribution in [-0.4, -0.2) is 12.5 Å². The van der Waals surface area contributed by atoms with Crippen molar-refractivity contribution in [2.75, 3.05) is 11.9 Å². The number of hydrogen-bond acceptors (Lipinski definition) is 2. The highest BCUT2D eigenvalue weighted by Crippen LogP contribution is 2.34. The molecule has 0 saturated heterocycles. The molecule has 146 valence electrons. The van der Waals surface area contributed by atoms with Gasteiger partial charge in [-0.15, -0.1) is 0 Å². The minimum absolute atomic E-state index is 0.0589.